The highest BCUT2D eigenvalue weighted by molar-refractivity contribution is 6.35. The van der Waals surface area contributed by atoms with Crippen molar-refractivity contribution in [2.75, 3.05) is 46.3 Å². The molecule has 2 aromatic rings. The van der Waals surface area contributed by atoms with Crippen LogP contribution < -0.4 is 4.74 Å². The maximum Gasteiger partial charge on any atom is 0.303 e. The summed E-state index contributed by atoms with van der Waals surface area (Å²) in [6.07, 6.45) is 2.97. The molecule has 0 amide bonds. The molecule has 1 aromatic heterocycles. The molecule has 0 spiro atoms. The van der Waals surface area contributed by atoms with Crippen LogP contribution in [0.5, 0.6) is 5.88 Å². The highest BCUT2D eigenvalue weighted by atomic mass is 35.5. The number of aliphatic hydroxyl groups excluding tert-OH is 1. The zero-order valence-electron chi connectivity index (χ0n) is 24.0. The van der Waals surface area contributed by atoms with Gasteiger partial charge < -0.3 is 24.7 Å². The van der Waals surface area contributed by atoms with Crippen LogP contribution in [0.3, 0.4) is 0 Å². The molecule has 2 saturated heterocycles. The summed E-state index contributed by atoms with van der Waals surface area (Å²) >= 11 is 12.6. The van der Waals surface area contributed by atoms with Crippen LogP contribution in [0.25, 0.3) is 11.3 Å². The third-order valence-corrected chi connectivity index (χ3v) is 7.79. The molecular weight excluding hydrogens is 579 g/mol. The molecule has 1 atom stereocenters. The number of aromatic nitrogens is 1. The molecule has 2 fully saturated rings. The molecule has 2 aliphatic rings. The number of aliphatic imine (C=N–C) groups is 2. The van der Waals surface area contributed by atoms with Gasteiger partial charge in [0.15, 0.2) is 0 Å². The Kier molecular flexibility index (Phi) is 11.3. The lowest BCUT2D eigenvalue weighted by atomic mass is 9.93. The molecule has 0 radical (unpaired) electrons. The Hall–Kier alpha value is -3.02. The van der Waals surface area contributed by atoms with Crippen molar-refractivity contribution in [1.82, 2.24) is 19.7 Å². The van der Waals surface area contributed by atoms with Gasteiger partial charge in [0.1, 0.15) is 5.76 Å². The molecule has 10 nitrogen and oxygen atoms in total. The number of carbonyl (C=O) groups is 1. The minimum absolute atomic E-state index is 0.209. The van der Waals surface area contributed by atoms with Crippen LogP contribution in [0, 0.1) is 5.92 Å². The largest absolute Gasteiger partial charge is 0.481 e. The number of hydrogen-bond acceptors (Lipinski definition) is 7. The fourth-order valence-electron chi connectivity index (χ4n) is 5.30. The van der Waals surface area contributed by atoms with Gasteiger partial charge in [0.05, 0.1) is 18.0 Å². The molecule has 2 aliphatic heterocycles. The molecule has 1 unspecified atom stereocenters. The summed E-state index contributed by atoms with van der Waals surface area (Å²) in [4.78, 5) is 30.7. The van der Waals surface area contributed by atoms with Crippen molar-refractivity contribution in [2.24, 2.45) is 15.9 Å². The second kappa shape index (κ2) is 14.9. The Morgan fingerprint density at radius 2 is 1.83 bits per heavy atom. The predicted octanol–water partition coefficient (Wildman–Crippen LogP) is 4.65. The predicted molar refractivity (Wildman–Crippen MR) is 166 cm³/mol. The Bertz CT molecular complexity index is 1310. The van der Waals surface area contributed by atoms with E-state index >= 15 is 0 Å². The number of aliphatic carboxylic acids is 1. The maximum absolute atomic E-state index is 11.1. The van der Waals surface area contributed by atoms with E-state index in [9.17, 15) is 9.90 Å². The fourth-order valence-corrected chi connectivity index (χ4v) is 5.82. The SMILES string of the molecule is C=N/C(=N\C=C(/C)Oc1cc(CN2CCC(CC(=O)O)CC2)cc(-c2cc(Cl)cc(Cl)c2)n1)N1CCN(C)CC(O)C1. The molecule has 1 aromatic carbocycles. The number of hydrogen-bond donors (Lipinski definition) is 2. The monoisotopic (exact) mass is 616 g/mol. The van der Waals surface area contributed by atoms with Gasteiger partial charge in [-0.15, -0.1) is 0 Å². The molecule has 12 heteroatoms. The van der Waals surface area contributed by atoms with Crippen molar-refractivity contribution in [3.05, 3.63) is 57.9 Å². The van der Waals surface area contributed by atoms with Crippen molar-refractivity contribution in [2.45, 2.75) is 38.8 Å². The number of pyridine rings is 1. The van der Waals surface area contributed by atoms with Gasteiger partial charge in [0, 0.05) is 60.8 Å². The average molecular weight is 618 g/mol. The summed E-state index contributed by atoms with van der Waals surface area (Å²) in [6.45, 7) is 10.2. The molecule has 0 saturated carbocycles. The highest BCUT2D eigenvalue weighted by Gasteiger charge is 2.23. The lowest BCUT2D eigenvalue weighted by Gasteiger charge is -2.31. The topological polar surface area (TPSA) is 114 Å². The second-order valence-electron chi connectivity index (χ2n) is 11.0. The lowest BCUT2D eigenvalue weighted by Crippen LogP contribution is -2.36. The smallest absolute Gasteiger partial charge is 0.303 e. The van der Waals surface area contributed by atoms with Crippen LogP contribution in [0.15, 0.2) is 52.3 Å². The second-order valence-corrected chi connectivity index (χ2v) is 11.8. The van der Waals surface area contributed by atoms with E-state index in [2.05, 4.69) is 26.5 Å². The zero-order chi connectivity index (χ0) is 30.2. The quantitative estimate of drug-likeness (QED) is 0.250. The number of carboxylic acid groups (broad SMARTS) is 1. The number of guanidine groups is 1. The standard InChI is InChI=1S/C30H38Cl2N6O4/c1-20(16-34-30(33-2)38-9-8-36(3)18-26(39)19-38)42-28-11-22(17-37-6-4-21(5-7-37)12-29(40)41)10-27(35-28)23-13-24(31)15-25(32)14-23/h10-11,13-16,21,26,39H,2,4-9,12,17-19H2,1,3H3,(H,40,41)/b20-16+,34-30+. The number of β-amino-alcohol motifs (C(OH)–C–C–N with tert-alkyl or cyclic N) is 1. The van der Waals surface area contributed by atoms with Crippen molar-refractivity contribution >= 4 is 41.8 Å². The van der Waals surface area contributed by atoms with E-state index in [-0.39, 0.29) is 12.3 Å². The summed E-state index contributed by atoms with van der Waals surface area (Å²) in [5.41, 5.74) is 2.43. The summed E-state index contributed by atoms with van der Waals surface area (Å²) < 4.78 is 6.13. The number of aliphatic hydroxyl groups is 1. The number of likely N-dealkylation sites (tertiary alicyclic amines) is 1. The number of benzene rings is 1. The van der Waals surface area contributed by atoms with Crippen molar-refractivity contribution in [3.8, 4) is 17.1 Å². The van der Waals surface area contributed by atoms with Gasteiger partial charge in [-0.05, 0) is 82.4 Å². The van der Waals surface area contributed by atoms with Gasteiger partial charge in [-0.2, -0.15) is 0 Å². The molecule has 2 N–H and O–H groups in total. The van der Waals surface area contributed by atoms with Crippen molar-refractivity contribution < 1.29 is 19.7 Å². The van der Waals surface area contributed by atoms with Gasteiger partial charge in [0.25, 0.3) is 0 Å². The normalized spacial score (nSPS) is 19.9. The highest BCUT2D eigenvalue weighted by Crippen LogP contribution is 2.30. The average Bonchev–Trinajstić information content (AvgIpc) is 3.09. The molecule has 0 bridgehead atoms. The van der Waals surface area contributed by atoms with E-state index in [1.807, 2.05) is 36.2 Å². The van der Waals surface area contributed by atoms with Crippen LogP contribution in [-0.4, -0.2) is 101 Å². The zero-order valence-corrected chi connectivity index (χ0v) is 25.6. The molecule has 4 rings (SSSR count). The van der Waals surface area contributed by atoms with Crippen molar-refractivity contribution in [1.29, 1.82) is 0 Å². The Labute approximate surface area is 256 Å². The molecule has 3 heterocycles. The first-order valence-electron chi connectivity index (χ1n) is 14.0. The Morgan fingerprint density at radius 1 is 1.12 bits per heavy atom. The Balaban J connectivity index is 1.55. The molecule has 42 heavy (non-hydrogen) atoms. The van der Waals surface area contributed by atoms with Gasteiger partial charge in [-0.3, -0.25) is 9.69 Å². The number of carboxylic acids is 1. The van der Waals surface area contributed by atoms with E-state index in [1.165, 1.54) is 0 Å². The third-order valence-electron chi connectivity index (χ3n) is 7.35. The number of nitrogens with zero attached hydrogens (tertiary/aromatic N) is 6. The van der Waals surface area contributed by atoms with E-state index in [0.29, 0.717) is 59.5 Å². The van der Waals surface area contributed by atoms with Crippen LogP contribution in [0.4, 0.5) is 0 Å². The number of rotatable bonds is 8. The first-order valence-corrected chi connectivity index (χ1v) is 14.8. The van der Waals surface area contributed by atoms with Crippen LogP contribution >= 0.6 is 23.2 Å². The minimum Gasteiger partial charge on any atom is -0.481 e. The van der Waals surface area contributed by atoms with Crippen molar-refractivity contribution in [3.63, 3.8) is 0 Å². The van der Waals surface area contributed by atoms with Gasteiger partial charge >= 0.3 is 5.97 Å². The van der Waals surface area contributed by atoms with Crippen LogP contribution in [0.2, 0.25) is 10.0 Å². The number of ether oxygens (including phenoxy) is 1. The number of piperidine rings is 1. The lowest BCUT2D eigenvalue weighted by molar-refractivity contribution is -0.138. The summed E-state index contributed by atoms with van der Waals surface area (Å²) in [5, 5.41) is 20.5. The maximum atomic E-state index is 11.1. The molecule has 226 valence electrons. The minimum atomic E-state index is -0.741. The molecular formula is C30H38Cl2N6O4. The van der Waals surface area contributed by atoms with E-state index < -0.39 is 12.1 Å². The van der Waals surface area contributed by atoms with Crippen LogP contribution in [-0.2, 0) is 11.3 Å². The fraction of sp³-hybridized carbons (Fsp3) is 0.467. The number of allylic oxidation sites excluding steroid dienone is 1. The number of likely N-dealkylation sites (N-methyl/N-ethyl adjacent to an activating group) is 1. The van der Waals surface area contributed by atoms with E-state index in [0.717, 1.165) is 43.6 Å². The first-order chi connectivity index (χ1) is 20.1. The third kappa shape index (κ3) is 9.50. The number of halogens is 2. The summed E-state index contributed by atoms with van der Waals surface area (Å²) in [5.74, 6) is 0.770. The van der Waals surface area contributed by atoms with Gasteiger partial charge in [0.2, 0.25) is 11.8 Å². The van der Waals surface area contributed by atoms with Gasteiger partial charge in [-0.25, -0.2) is 15.0 Å². The first kappa shape index (κ1) is 31.9. The van der Waals surface area contributed by atoms with E-state index in [1.54, 1.807) is 19.2 Å². The van der Waals surface area contributed by atoms with Crippen LogP contribution in [0.1, 0.15) is 31.7 Å². The van der Waals surface area contributed by atoms with Gasteiger partial charge in [-0.1, -0.05) is 23.2 Å². The summed E-state index contributed by atoms with van der Waals surface area (Å²) in [7, 11) is 1.97. The summed E-state index contributed by atoms with van der Waals surface area (Å²) in [6, 6.07) is 9.18. The Morgan fingerprint density at radius 3 is 2.50 bits per heavy atom. The van der Waals surface area contributed by atoms with E-state index in [4.69, 9.17) is 38.0 Å². The molecule has 0 aliphatic carbocycles.